The number of nitrogens with one attached hydrogen (secondary N) is 2. The average Bonchev–Trinajstić information content (AvgIpc) is 3.09. The van der Waals surface area contributed by atoms with Crippen LogP contribution in [0.5, 0.6) is 0 Å². The van der Waals surface area contributed by atoms with E-state index in [2.05, 4.69) is 10.6 Å². The van der Waals surface area contributed by atoms with E-state index in [0.29, 0.717) is 24.7 Å². The van der Waals surface area contributed by atoms with Gasteiger partial charge in [-0.25, -0.2) is 0 Å². The zero-order valence-electron chi connectivity index (χ0n) is 13.5. The lowest BCUT2D eigenvalue weighted by atomic mass is 9.92. The van der Waals surface area contributed by atoms with Gasteiger partial charge in [0.1, 0.15) is 0 Å². The topological polar surface area (TPSA) is 81.7 Å². The van der Waals surface area contributed by atoms with Gasteiger partial charge in [0.15, 0.2) is 0 Å². The minimum Gasteiger partial charge on any atom is -0.391 e. The number of carbonyl (C=O) groups is 2. The minimum absolute atomic E-state index is 0.00778. The van der Waals surface area contributed by atoms with Gasteiger partial charge < -0.3 is 20.6 Å². The Morgan fingerprint density at radius 2 is 2.25 bits per heavy atom. The van der Waals surface area contributed by atoms with Gasteiger partial charge in [-0.15, -0.1) is 0 Å². The molecule has 4 atom stereocenters. The fourth-order valence-corrected chi connectivity index (χ4v) is 3.74. The number of likely N-dealkylation sites (tertiary alicyclic amines) is 1. The number of halogens is 1. The molecule has 1 aromatic rings. The van der Waals surface area contributed by atoms with E-state index in [-0.39, 0.29) is 30.2 Å². The van der Waals surface area contributed by atoms with Crippen molar-refractivity contribution in [3.05, 3.63) is 34.9 Å². The second-order valence-electron chi connectivity index (χ2n) is 6.55. The second kappa shape index (κ2) is 7.09. The summed E-state index contributed by atoms with van der Waals surface area (Å²) in [4.78, 5) is 26.4. The predicted molar refractivity (Wildman–Crippen MR) is 90.4 cm³/mol. The van der Waals surface area contributed by atoms with E-state index >= 15 is 0 Å². The average molecular weight is 352 g/mol. The summed E-state index contributed by atoms with van der Waals surface area (Å²) in [6, 6.07) is 6.96. The summed E-state index contributed by atoms with van der Waals surface area (Å²) in [7, 11) is 1.71. The van der Waals surface area contributed by atoms with Crippen LogP contribution in [0.25, 0.3) is 0 Å². The van der Waals surface area contributed by atoms with Gasteiger partial charge in [-0.3, -0.25) is 9.59 Å². The SMILES string of the molecule is CN1C(=O)CC(C(=O)NCC2CNCC2O)C1c1cccc(Cl)c1. The Hall–Kier alpha value is -1.63. The van der Waals surface area contributed by atoms with Gasteiger partial charge in [-0.05, 0) is 17.7 Å². The van der Waals surface area contributed by atoms with Crippen molar-refractivity contribution in [1.29, 1.82) is 0 Å². The highest BCUT2D eigenvalue weighted by atomic mass is 35.5. The Labute approximate surface area is 146 Å². The molecule has 3 rings (SSSR count). The van der Waals surface area contributed by atoms with Crippen LogP contribution in [0, 0.1) is 11.8 Å². The van der Waals surface area contributed by atoms with Gasteiger partial charge in [0.05, 0.1) is 18.1 Å². The maximum atomic E-state index is 12.6. The van der Waals surface area contributed by atoms with Crippen molar-refractivity contribution in [3.63, 3.8) is 0 Å². The molecule has 0 bridgehead atoms. The number of aliphatic hydroxyl groups is 1. The summed E-state index contributed by atoms with van der Waals surface area (Å²) >= 11 is 6.06. The zero-order valence-corrected chi connectivity index (χ0v) is 14.3. The van der Waals surface area contributed by atoms with E-state index in [1.807, 2.05) is 12.1 Å². The normalized spacial score (nSPS) is 30.0. The van der Waals surface area contributed by atoms with Crippen LogP contribution in [0.2, 0.25) is 5.02 Å². The molecule has 2 amide bonds. The maximum Gasteiger partial charge on any atom is 0.226 e. The van der Waals surface area contributed by atoms with Crippen molar-refractivity contribution in [3.8, 4) is 0 Å². The van der Waals surface area contributed by atoms with Crippen LogP contribution < -0.4 is 10.6 Å². The molecule has 130 valence electrons. The number of nitrogens with zero attached hydrogens (tertiary/aromatic N) is 1. The fourth-order valence-electron chi connectivity index (χ4n) is 3.54. The van der Waals surface area contributed by atoms with Gasteiger partial charge in [0, 0.05) is 44.0 Å². The molecule has 2 aliphatic rings. The highest BCUT2D eigenvalue weighted by Gasteiger charge is 2.42. The van der Waals surface area contributed by atoms with Crippen molar-refractivity contribution in [2.45, 2.75) is 18.6 Å². The molecule has 2 fully saturated rings. The molecule has 0 spiro atoms. The van der Waals surface area contributed by atoms with Crippen LogP contribution in [-0.2, 0) is 9.59 Å². The maximum absolute atomic E-state index is 12.6. The minimum atomic E-state index is -0.451. The molecule has 0 aromatic heterocycles. The molecule has 24 heavy (non-hydrogen) atoms. The Bertz CT molecular complexity index is 639. The van der Waals surface area contributed by atoms with E-state index in [1.54, 1.807) is 24.1 Å². The molecular formula is C17H22ClN3O3. The highest BCUT2D eigenvalue weighted by molar-refractivity contribution is 6.30. The van der Waals surface area contributed by atoms with E-state index in [1.165, 1.54) is 0 Å². The summed E-state index contributed by atoms with van der Waals surface area (Å²) in [5.41, 5.74) is 0.860. The molecule has 3 N–H and O–H groups in total. The molecule has 0 radical (unpaired) electrons. The van der Waals surface area contributed by atoms with Crippen LogP contribution in [0.3, 0.4) is 0 Å². The molecule has 6 nitrogen and oxygen atoms in total. The first-order chi connectivity index (χ1) is 11.5. The summed E-state index contributed by atoms with van der Waals surface area (Å²) < 4.78 is 0. The molecule has 7 heteroatoms. The van der Waals surface area contributed by atoms with Gasteiger partial charge in [0.2, 0.25) is 11.8 Å². The van der Waals surface area contributed by atoms with E-state index in [4.69, 9.17) is 11.6 Å². The molecule has 0 aliphatic carbocycles. The third-order valence-corrected chi connectivity index (χ3v) is 5.19. The van der Waals surface area contributed by atoms with Gasteiger partial charge in [-0.1, -0.05) is 23.7 Å². The standard InChI is InChI=1S/C17H22ClN3O3/c1-21-15(23)6-13(16(21)10-3-2-4-12(18)5-10)17(24)20-8-11-7-19-9-14(11)22/h2-5,11,13-14,16,19,22H,6-9H2,1H3,(H,20,24). The van der Waals surface area contributed by atoms with Crippen molar-refractivity contribution in [2.75, 3.05) is 26.7 Å². The van der Waals surface area contributed by atoms with Gasteiger partial charge in [-0.2, -0.15) is 0 Å². The van der Waals surface area contributed by atoms with Crippen molar-refractivity contribution >= 4 is 23.4 Å². The van der Waals surface area contributed by atoms with Crippen LogP contribution in [-0.4, -0.2) is 54.6 Å². The summed E-state index contributed by atoms with van der Waals surface area (Å²) in [6.07, 6.45) is -0.257. The molecule has 4 unspecified atom stereocenters. The molecule has 1 aromatic carbocycles. The number of carbonyl (C=O) groups excluding carboxylic acids is 2. The number of benzene rings is 1. The molecule has 2 saturated heterocycles. The first kappa shape index (κ1) is 17.2. The quantitative estimate of drug-likeness (QED) is 0.740. The van der Waals surface area contributed by atoms with Crippen molar-refractivity contribution in [2.24, 2.45) is 11.8 Å². The molecule has 2 heterocycles. The third-order valence-electron chi connectivity index (χ3n) is 4.96. The fraction of sp³-hybridized carbons (Fsp3) is 0.529. The van der Waals surface area contributed by atoms with E-state index in [0.717, 1.165) is 5.56 Å². The first-order valence-corrected chi connectivity index (χ1v) is 8.53. The van der Waals surface area contributed by atoms with Crippen LogP contribution in [0.4, 0.5) is 0 Å². The summed E-state index contributed by atoms with van der Waals surface area (Å²) in [5, 5.41) is 16.4. The number of β-amino-alcohol motifs (C(OH)–C–C–N with tert-alkyl or cyclic N) is 1. The lowest BCUT2D eigenvalue weighted by molar-refractivity contribution is -0.128. The second-order valence-corrected chi connectivity index (χ2v) is 6.98. The Morgan fingerprint density at radius 3 is 2.92 bits per heavy atom. The number of hydrogen-bond donors (Lipinski definition) is 3. The largest absolute Gasteiger partial charge is 0.391 e. The van der Waals surface area contributed by atoms with Crippen molar-refractivity contribution in [1.82, 2.24) is 15.5 Å². The van der Waals surface area contributed by atoms with E-state index < -0.39 is 12.0 Å². The summed E-state index contributed by atoms with van der Waals surface area (Å²) in [6.45, 7) is 1.64. The number of rotatable bonds is 4. The third kappa shape index (κ3) is 3.41. The molecular weight excluding hydrogens is 330 g/mol. The summed E-state index contributed by atoms with van der Waals surface area (Å²) in [5.74, 6) is -0.652. The molecule has 2 aliphatic heterocycles. The number of amides is 2. The van der Waals surface area contributed by atoms with Crippen LogP contribution in [0.1, 0.15) is 18.0 Å². The lowest BCUT2D eigenvalue weighted by Gasteiger charge is -2.25. The smallest absolute Gasteiger partial charge is 0.226 e. The van der Waals surface area contributed by atoms with Gasteiger partial charge >= 0.3 is 0 Å². The van der Waals surface area contributed by atoms with Crippen LogP contribution in [0.15, 0.2) is 24.3 Å². The number of hydrogen-bond acceptors (Lipinski definition) is 4. The first-order valence-electron chi connectivity index (χ1n) is 8.15. The Morgan fingerprint density at radius 1 is 1.46 bits per heavy atom. The van der Waals surface area contributed by atoms with Gasteiger partial charge in [0.25, 0.3) is 0 Å². The van der Waals surface area contributed by atoms with E-state index in [9.17, 15) is 14.7 Å². The lowest BCUT2D eigenvalue weighted by Crippen LogP contribution is -2.39. The zero-order chi connectivity index (χ0) is 17.3. The van der Waals surface area contributed by atoms with Crippen molar-refractivity contribution < 1.29 is 14.7 Å². The number of aliphatic hydroxyl groups excluding tert-OH is 1. The Balaban J connectivity index is 1.72. The Kier molecular flexibility index (Phi) is 5.08. The van der Waals surface area contributed by atoms with Crippen LogP contribution >= 0.6 is 11.6 Å². The molecule has 0 saturated carbocycles. The highest BCUT2D eigenvalue weighted by Crippen LogP contribution is 2.37. The monoisotopic (exact) mass is 351 g/mol. The predicted octanol–water partition coefficient (Wildman–Crippen LogP) is 0.556.